The van der Waals surface area contributed by atoms with E-state index < -0.39 is 0 Å². The average molecular weight is 529 g/mol. The molecule has 0 aliphatic heterocycles. The highest BCUT2D eigenvalue weighted by atomic mass is 16.6. The first kappa shape index (κ1) is 27.0. The van der Waals surface area contributed by atoms with E-state index in [0.29, 0.717) is 30.9 Å². The Kier molecular flexibility index (Phi) is 8.96. The van der Waals surface area contributed by atoms with Gasteiger partial charge in [-0.2, -0.15) is 10.5 Å². The third kappa shape index (κ3) is 6.69. The van der Waals surface area contributed by atoms with Crippen LogP contribution < -0.4 is 25.9 Å². The minimum absolute atomic E-state index is 0.613. The molecular formula is C31H40N6O2. The van der Waals surface area contributed by atoms with Crippen molar-refractivity contribution in [2.24, 2.45) is 11.8 Å². The topological polar surface area (TPSA) is 83.6 Å². The van der Waals surface area contributed by atoms with Crippen LogP contribution in [0.1, 0.15) is 25.7 Å². The lowest BCUT2D eigenvalue weighted by Crippen LogP contribution is -2.30. The van der Waals surface area contributed by atoms with Crippen LogP contribution in [0.15, 0.2) is 60.7 Å². The number of anilines is 3. The number of fused-ring (bicyclic) bond motifs is 2. The molecule has 1 aliphatic rings. The van der Waals surface area contributed by atoms with E-state index in [1.807, 2.05) is 24.3 Å². The van der Waals surface area contributed by atoms with Crippen LogP contribution in [-0.4, -0.2) is 57.4 Å². The molecule has 1 aliphatic carbocycles. The van der Waals surface area contributed by atoms with Gasteiger partial charge in [-0.3, -0.25) is 0 Å². The second kappa shape index (κ2) is 13.0. The zero-order chi connectivity index (χ0) is 27.0. The maximum Gasteiger partial charge on any atom is 0.225 e. The first-order valence-corrected chi connectivity index (χ1v) is 13.9. The van der Waals surface area contributed by atoms with Gasteiger partial charge in [0.25, 0.3) is 0 Å². The molecule has 1 aromatic heterocycles. The number of methoxy groups -OCH3 is 1. The number of benzene rings is 3. The van der Waals surface area contributed by atoms with Crippen LogP contribution in [0.5, 0.6) is 5.75 Å². The van der Waals surface area contributed by atoms with E-state index in [9.17, 15) is 0 Å². The van der Waals surface area contributed by atoms with E-state index >= 15 is 0 Å². The fourth-order valence-corrected chi connectivity index (χ4v) is 5.42. The van der Waals surface area contributed by atoms with Crippen molar-refractivity contribution < 1.29 is 9.57 Å². The number of hydrogen-bond acceptors (Lipinski definition) is 8. The van der Waals surface area contributed by atoms with Gasteiger partial charge in [0, 0.05) is 62.7 Å². The first-order chi connectivity index (χ1) is 19.1. The van der Waals surface area contributed by atoms with Crippen molar-refractivity contribution in [3.8, 4) is 5.75 Å². The lowest BCUT2D eigenvalue weighted by atomic mass is 9.82. The molecule has 0 bridgehead atoms. The van der Waals surface area contributed by atoms with E-state index in [1.54, 1.807) is 7.11 Å². The minimum Gasteiger partial charge on any atom is -0.408 e. The third-order valence-corrected chi connectivity index (χ3v) is 7.61. The summed E-state index contributed by atoms with van der Waals surface area (Å²) in [6, 6.07) is 20.7. The highest BCUT2D eigenvalue weighted by Gasteiger charge is 2.22. The number of para-hydroxylation sites is 1. The summed E-state index contributed by atoms with van der Waals surface area (Å²) in [5.41, 5.74) is 5.39. The number of nitrogens with one attached hydrogen (secondary N) is 3. The van der Waals surface area contributed by atoms with Gasteiger partial charge in [-0.15, -0.1) is 0 Å². The van der Waals surface area contributed by atoms with E-state index in [2.05, 4.69) is 71.5 Å². The van der Waals surface area contributed by atoms with Gasteiger partial charge in [-0.1, -0.05) is 36.4 Å². The summed E-state index contributed by atoms with van der Waals surface area (Å²) in [5.74, 6) is 3.63. The molecule has 1 saturated carbocycles. The predicted octanol–water partition coefficient (Wildman–Crippen LogP) is 5.71. The number of hydroxylamine groups is 1. The molecule has 1 heterocycles. The summed E-state index contributed by atoms with van der Waals surface area (Å²) in [6.45, 7) is 3.07. The van der Waals surface area contributed by atoms with E-state index in [-0.39, 0.29) is 0 Å². The van der Waals surface area contributed by atoms with Crippen molar-refractivity contribution in [1.82, 2.24) is 15.4 Å². The average Bonchev–Trinajstić information content (AvgIpc) is 2.96. The number of hydrogen-bond donors (Lipinski definition) is 3. The highest BCUT2D eigenvalue weighted by molar-refractivity contribution is 5.97. The molecule has 1 fully saturated rings. The zero-order valence-corrected chi connectivity index (χ0v) is 23.2. The van der Waals surface area contributed by atoms with Gasteiger partial charge in [0.1, 0.15) is 5.82 Å². The smallest absolute Gasteiger partial charge is 0.225 e. The number of ether oxygens (including phenoxy) is 1. The van der Waals surface area contributed by atoms with E-state index in [0.717, 1.165) is 40.9 Å². The monoisotopic (exact) mass is 528 g/mol. The molecule has 8 heteroatoms. The fourth-order valence-electron chi connectivity index (χ4n) is 5.42. The highest BCUT2D eigenvalue weighted by Crippen LogP contribution is 2.32. The van der Waals surface area contributed by atoms with Gasteiger partial charge in [-0.25, -0.2) is 4.98 Å². The van der Waals surface area contributed by atoms with Crippen LogP contribution in [0, 0.1) is 11.8 Å². The van der Waals surface area contributed by atoms with Crippen molar-refractivity contribution >= 4 is 39.1 Å². The molecule has 0 amide bonds. The lowest BCUT2D eigenvalue weighted by molar-refractivity contribution is 0.157. The Morgan fingerprint density at radius 2 is 1.51 bits per heavy atom. The van der Waals surface area contributed by atoms with Crippen LogP contribution >= 0.6 is 0 Å². The van der Waals surface area contributed by atoms with Crippen molar-refractivity contribution in [1.29, 1.82) is 0 Å². The molecule has 5 rings (SSSR count). The normalized spacial score (nSPS) is 17.3. The second-order valence-electron chi connectivity index (χ2n) is 10.6. The Morgan fingerprint density at radius 3 is 2.31 bits per heavy atom. The summed E-state index contributed by atoms with van der Waals surface area (Å²) in [7, 11) is 5.84. The lowest BCUT2D eigenvalue weighted by Gasteiger charge is -2.28. The molecular weight excluding hydrogens is 488 g/mol. The van der Waals surface area contributed by atoms with Crippen molar-refractivity contribution in [3.05, 3.63) is 60.7 Å². The van der Waals surface area contributed by atoms with Gasteiger partial charge in [0.05, 0.1) is 12.1 Å². The Labute approximate surface area is 231 Å². The third-order valence-electron chi connectivity index (χ3n) is 7.61. The molecule has 8 nitrogen and oxygen atoms in total. The molecule has 4 aromatic rings. The van der Waals surface area contributed by atoms with Crippen LogP contribution in [-0.2, 0) is 4.74 Å². The largest absolute Gasteiger partial charge is 0.408 e. The number of nitrogens with zero attached hydrogens (tertiary/aromatic N) is 3. The Morgan fingerprint density at radius 1 is 0.795 bits per heavy atom. The molecule has 0 spiro atoms. The van der Waals surface area contributed by atoms with E-state index in [4.69, 9.17) is 19.5 Å². The van der Waals surface area contributed by atoms with Crippen molar-refractivity contribution in [2.45, 2.75) is 25.7 Å². The van der Waals surface area contributed by atoms with Gasteiger partial charge < -0.3 is 25.1 Å². The SMILES string of the molecule is COCCNc1nc(NCC2CCC(CNOc3cccc4c(N(C)C)cccc34)CC2)nc2ccccc12. The summed E-state index contributed by atoms with van der Waals surface area (Å²) < 4.78 is 5.18. The van der Waals surface area contributed by atoms with Crippen LogP contribution in [0.3, 0.4) is 0 Å². The zero-order valence-electron chi connectivity index (χ0n) is 23.2. The van der Waals surface area contributed by atoms with Crippen LogP contribution in [0.2, 0.25) is 0 Å². The second-order valence-corrected chi connectivity index (χ2v) is 10.6. The Bertz CT molecular complexity index is 1370. The fraction of sp³-hybridized carbons (Fsp3) is 0.419. The van der Waals surface area contributed by atoms with Gasteiger partial charge in [0.15, 0.2) is 5.75 Å². The predicted molar refractivity (Wildman–Crippen MR) is 161 cm³/mol. The van der Waals surface area contributed by atoms with Gasteiger partial charge >= 0.3 is 0 Å². The number of aromatic nitrogens is 2. The van der Waals surface area contributed by atoms with Crippen LogP contribution in [0.4, 0.5) is 17.5 Å². The maximum absolute atomic E-state index is 6.06. The first-order valence-electron chi connectivity index (χ1n) is 13.9. The molecule has 0 unspecified atom stereocenters. The molecule has 39 heavy (non-hydrogen) atoms. The quantitative estimate of drug-likeness (QED) is 0.159. The molecule has 0 atom stereocenters. The molecule has 0 saturated heterocycles. The molecule has 0 radical (unpaired) electrons. The summed E-state index contributed by atoms with van der Waals surface area (Å²) in [5, 5.41) is 10.2. The molecule has 3 aromatic carbocycles. The van der Waals surface area contributed by atoms with E-state index in [1.165, 1.54) is 36.8 Å². The van der Waals surface area contributed by atoms with Crippen molar-refractivity contribution in [3.63, 3.8) is 0 Å². The Hall–Kier alpha value is -3.62. The Balaban J connectivity index is 1.10. The summed E-state index contributed by atoms with van der Waals surface area (Å²) >= 11 is 0. The summed E-state index contributed by atoms with van der Waals surface area (Å²) in [6.07, 6.45) is 4.75. The molecule has 3 N–H and O–H groups in total. The molecule has 206 valence electrons. The maximum atomic E-state index is 6.06. The van der Waals surface area contributed by atoms with Crippen molar-refractivity contribution in [2.75, 3.05) is 63.0 Å². The van der Waals surface area contributed by atoms with Gasteiger partial charge in [-0.05, 0) is 61.8 Å². The number of rotatable bonds is 12. The minimum atomic E-state index is 0.613. The standard InChI is InChI=1S/C31H40N6O2/c1-37(2)28-12-6-10-25-24(28)9-7-13-29(25)39-34-21-23-16-14-22(15-17-23)20-33-31-35-27-11-5-4-8-26(27)30(36-31)32-18-19-38-3/h4-13,22-23,34H,14-21H2,1-3H3,(H2,32,33,35,36). The summed E-state index contributed by atoms with van der Waals surface area (Å²) in [4.78, 5) is 17.7. The van der Waals surface area contributed by atoms with Gasteiger partial charge in [0.2, 0.25) is 5.95 Å². The van der Waals surface area contributed by atoms with Crippen LogP contribution in [0.25, 0.3) is 21.7 Å².